The SMILES string of the molecule is Cc1ccc(CNC(=O)N2CCC(C)C2)cc1F. The van der Waals surface area contributed by atoms with E-state index in [1.807, 2.05) is 11.0 Å². The van der Waals surface area contributed by atoms with Gasteiger partial charge in [-0.05, 0) is 36.5 Å². The van der Waals surface area contributed by atoms with Crippen LogP contribution in [-0.4, -0.2) is 24.0 Å². The fraction of sp³-hybridized carbons (Fsp3) is 0.500. The van der Waals surface area contributed by atoms with Gasteiger partial charge in [-0.2, -0.15) is 0 Å². The Bertz CT molecular complexity index is 447. The Morgan fingerprint density at radius 3 is 2.94 bits per heavy atom. The Hall–Kier alpha value is -1.58. The van der Waals surface area contributed by atoms with Crippen LogP contribution in [0.1, 0.15) is 24.5 Å². The van der Waals surface area contributed by atoms with Crippen molar-refractivity contribution >= 4 is 6.03 Å². The van der Waals surface area contributed by atoms with E-state index in [1.54, 1.807) is 13.0 Å². The van der Waals surface area contributed by atoms with Crippen molar-refractivity contribution in [2.24, 2.45) is 5.92 Å². The Morgan fingerprint density at radius 2 is 2.33 bits per heavy atom. The number of nitrogens with one attached hydrogen (secondary N) is 1. The van der Waals surface area contributed by atoms with Gasteiger partial charge in [0.25, 0.3) is 0 Å². The zero-order valence-corrected chi connectivity index (χ0v) is 10.9. The molecule has 1 aliphatic rings. The van der Waals surface area contributed by atoms with E-state index in [-0.39, 0.29) is 11.8 Å². The molecule has 0 saturated carbocycles. The minimum absolute atomic E-state index is 0.0552. The Balaban J connectivity index is 1.87. The molecule has 0 radical (unpaired) electrons. The highest BCUT2D eigenvalue weighted by atomic mass is 19.1. The van der Waals surface area contributed by atoms with Gasteiger partial charge >= 0.3 is 6.03 Å². The lowest BCUT2D eigenvalue weighted by Crippen LogP contribution is -2.37. The summed E-state index contributed by atoms with van der Waals surface area (Å²) in [7, 11) is 0. The molecule has 1 atom stereocenters. The van der Waals surface area contributed by atoms with Gasteiger partial charge in [0, 0.05) is 19.6 Å². The highest BCUT2D eigenvalue weighted by Crippen LogP contribution is 2.15. The summed E-state index contributed by atoms with van der Waals surface area (Å²) >= 11 is 0. The maximum absolute atomic E-state index is 13.3. The molecule has 1 aromatic rings. The number of amides is 2. The summed E-state index contributed by atoms with van der Waals surface area (Å²) in [5.74, 6) is 0.351. The molecule has 1 heterocycles. The number of benzene rings is 1. The van der Waals surface area contributed by atoms with Gasteiger partial charge in [0.05, 0.1) is 0 Å². The lowest BCUT2D eigenvalue weighted by Gasteiger charge is -2.16. The Labute approximate surface area is 107 Å². The number of urea groups is 1. The number of likely N-dealkylation sites (tertiary alicyclic amines) is 1. The van der Waals surface area contributed by atoms with E-state index in [1.165, 1.54) is 6.07 Å². The molecule has 98 valence electrons. The molecule has 1 unspecified atom stereocenters. The Morgan fingerprint density at radius 1 is 1.56 bits per heavy atom. The lowest BCUT2D eigenvalue weighted by atomic mass is 10.1. The first-order chi connectivity index (χ1) is 8.56. The second kappa shape index (κ2) is 5.38. The summed E-state index contributed by atoms with van der Waals surface area (Å²) in [6, 6.07) is 4.99. The first kappa shape index (κ1) is 12.9. The van der Waals surface area contributed by atoms with Crippen LogP contribution in [0.25, 0.3) is 0 Å². The topological polar surface area (TPSA) is 32.3 Å². The third-order valence-electron chi connectivity index (χ3n) is 3.39. The highest BCUT2D eigenvalue weighted by Gasteiger charge is 2.22. The van der Waals surface area contributed by atoms with Gasteiger partial charge in [0.15, 0.2) is 0 Å². The summed E-state index contributed by atoms with van der Waals surface area (Å²) in [6.07, 6.45) is 1.06. The number of hydrogen-bond acceptors (Lipinski definition) is 1. The van der Waals surface area contributed by atoms with Crippen LogP contribution in [0.4, 0.5) is 9.18 Å². The number of carbonyl (C=O) groups is 1. The molecular formula is C14H19FN2O. The van der Waals surface area contributed by atoms with Crippen LogP contribution in [0.5, 0.6) is 0 Å². The van der Waals surface area contributed by atoms with Crippen LogP contribution in [-0.2, 0) is 6.54 Å². The lowest BCUT2D eigenvalue weighted by molar-refractivity contribution is 0.207. The highest BCUT2D eigenvalue weighted by molar-refractivity contribution is 5.74. The van der Waals surface area contributed by atoms with E-state index >= 15 is 0 Å². The summed E-state index contributed by atoms with van der Waals surface area (Å²) in [5, 5.41) is 2.83. The van der Waals surface area contributed by atoms with Crippen molar-refractivity contribution in [3.63, 3.8) is 0 Å². The predicted octanol–water partition coefficient (Wildman–Crippen LogP) is 2.69. The van der Waals surface area contributed by atoms with Crippen molar-refractivity contribution in [1.82, 2.24) is 10.2 Å². The van der Waals surface area contributed by atoms with Crippen molar-refractivity contribution in [2.45, 2.75) is 26.8 Å². The van der Waals surface area contributed by atoms with Crippen LogP contribution in [0, 0.1) is 18.7 Å². The summed E-state index contributed by atoms with van der Waals surface area (Å²) in [4.78, 5) is 13.7. The zero-order chi connectivity index (χ0) is 13.1. The molecule has 1 saturated heterocycles. The predicted molar refractivity (Wildman–Crippen MR) is 68.7 cm³/mol. The molecule has 0 spiro atoms. The van der Waals surface area contributed by atoms with E-state index in [0.717, 1.165) is 25.1 Å². The van der Waals surface area contributed by atoms with Crippen LogP contribution >= 0.6 is 0 Å². The van der Waals surface area contributed by atoms with Gasteiger partial charge in [0.1, 0.15) is 5.82 Å². The van der Waals surface area contributed by atoms with E-state index < -0.39 is 0 Å². The average Bonchev–Trinajstić information content (AvgIpc) is 2.77. The van der Waals surface area contributed by atoms with E-state index in [0.29, 0.717) is 18.0 Å². The third-order valence-corrected chi connectivity index (χ3v) is 3.39. The second-order valence-electron chi connectivity index (χ2n) is 5.08. The number of hydrogen-bond donors (Lipinski definition) is 1. The molecule has 0 aromatic heterocycles. The maximum atomic E-state index is 13.3. The maximum Gasteiger partial charge on any atom is 0.317 e. The van der Waals surface area contributed by atoms with Crippen molar-refractivity contribution in [1.29, 1.82) is 0 Å². The van der Waals surface area contributed by atoms with E-state index in [4.69, 9.17) is 0 Å². The minimum Gasteiger partial charge on any atom is -0.334 e. The summed E-state index contributed by atoms with van der Waals surface area (Å²) in [6.45, 7) is 5.87. The van der Waals surface area contributed by atoms with Crippen LogP contribution in [0.3, 0.4) is 0 Å². The van der Waals surface area contributed by atoms with Gasteiger partial charge < -0.3 is 10.2 Å². The van der Waals surface area contributed by atoms with Crippen molar-refractivity contribution in [2.75, 3.05) is 13.1 Å². The minimum atomic E-state index is -0.225. The normalized spacial score (nSPS) is 19.1. The van der Waals surface area contributed by atoms with Crippen molar-refractivity contribution in [3.05, 3.63) is 35.1 Å². The van der Waals surface area contributed by atoms with E-state index in [9.17, 15) is 9.18 Å². The van der Waals surface area contributed by atoms with Crippen LogP contribution in [0.15, 0.2) is 18.2 Å². The fourth-order valence-electron chi connectivity index (χ4n) is 2.16. The first-order valence-electron chi connectivity index (χ1n) is 6.34. The largest absolute Gasteiger partial charge is 0.334 e. The third kappa shape index (κ3) is 3.00. The number of aryl methyl sites for hydroxylation is 1. The standard InChI is InChI=1S/C14H19FN2O/c1-10-5-6-17(9-10)14(18)16-8-12-4-3-11(2)13(15)7-12/h3-4,7,10H,5-6,8-9H2,1-2H3,(H,16,18). The molecule has 18 heavy (non-hydrogen) atoms. The fourth-order valence-corrected chi connectivity index (χ4v) is 2.16. The van der Waals surface area contributed by atoms with Gasteiger partial charge in [-0.25, -0.2) is 9.18 Å². The second-order valence-corrected chi connectivity index (χ2v) is 5.08. The molecule has 1 aliphatic heterocycles. The summed E-state index contributed by atoms with van der Waals surface area (Å²) in [5.41, 5.74) is 1.41. The smallest absolute Gasteiger partial charge is 0.317 e. The quantitative estimate of drug-likeness (QED) is 0.860. The number of carbonyl (C=O) groups excluding carboxylic acids is 1. The number of halogens is 1. The van der Waals surface area contributed by atoms with Crippen LogP contribution < -0.4 is 5.32 Å². The Kier molecular flexibility index (Phi) is 3.84. The molecule has 0 bridgehead atoms. The molecule has 2 amide bonds. The monoisotopic (exact) mass is 250 g/mol. The molecule has 1 aromatic carbocycles. The molecule has 0 aliphatic carbocycles. The molecule has 2 rings (SSSR count). The molecule has 3 nitrogen and oxygen atoms in total. The molecule has 4 heteroatoms. The van der Waals surface area contributed by atoms with Crippen molar-refractivity contribution in [3.8, 4) is 0 Å². The van der Waals surface area contributed by atoms with Crippen molar-refractivity contribution < 1.29 is 9.18 Å². The molecule has 1 fully saturated rings. The summed E-state index contributed by atoms with van der Waals surface area (Å²) < 4.78 is 13.3. The number of nitrogens with zero attached hydrogens (tertiary/aromatic N) is 1. The molecule has 1 N–H and O–H groups in total. The first-order valence-corrected chi connectivity index (χ1v) is 6.34. The number of rotatable bonds is 2. The van der Waals surface area contributed by atoms with Gasteiger partial charge in [-0.15, -0.1) is 0 Å². The van der Waals surface area contributed by atoms with Gasteiger partial charge in [-0.1, -0.05) is 19.1 Å². The average molecular weight is 250 g/mol. The van der Waals surface area contributed by atoms with Gasteiger partial charge in [-0.3, -0.25) is 0 Å². The molecular weight excluding hydrogens is 231 g/mol. The zero-order valence-electron chi connectivity index (χ0n) is 10.9. The van der Waals surface area contributed by atoms with Crippen LogP contribution in [0.2, 0.25) is 0 Å². The van der Waals surface area contributed by atoms with Gasteiger partial charge in [0.2, 0.25) is 0 Å². The van der Waals surface area contributed by atoms with E-state index in [2.05, 4.69) is 12.2 Å².